The van der Waals surface area contributed by atoms with Crippen molar-refractivity contribution >= 4 is 11.6 Å². The Kier molecular flexibility index (Phi) is 8.18. The van der Waals surface area contributed by atoms with Crippen LogP contribution in [0.15, 0.2) is 24.3 Å². The second-order valence-electron chi connectivity index (χ2n) is 5.09. The lowest BCUT2D eigenvalue weighted by molar-refractivity contribution is 0.0155. The third-order valence-corrected chi connectivity index (χ3v) is 3.89. The van der Waals surface area contributed by atoms with E-state index in [9.17, 15) is 15.3 Å². The molecule has 0 bridgehead atoms. The van der Waals surface area contributed by atoms with Crippen LogP contribution in [0.3, 0.4) is 0 Å². The van der Waals surface area contributed by atoms with Crippen LogP contribution in [0.5, 0.6) is 0 Å². The Hall–Kier alpha value is -0.690. The lowest BCUT2D eigenvalue weighted by Crippen LogP contribution is -2.53. The second kappa shape index (κ2) is 9.35. The molecule has 5 nitrogen and oxygen atoms in total. The van der Waals surface area contributed by atoms with Crippen molar-refractivity contribution in [3.63, 3.8) is 0 Å². The van der Waals surface area contributed by atoms with Crippen molar-refractivity contribution in [2.75, 3.05) is 26.4 Å². The summed E-state index contributed by atoms with van der Waals surface area (Å²) < 4.78 is 5.43. The van der Waals surface area contributed by atoms with E-state index in [0.717, 1.165) is 5.56 Å². The van der Waals surface area contributed by atoms with E-state index < -0.39 is 11.6 Å². The van der Waals surface area contributed by atoms with Gasteiger partial charge in [-0.2, -0.15) is 0 Å². The third kappa shape index (κ3) is 5.90. The number of benzene rings is 1. The minimum atomic E-state index is -0.760. The van der Waals surface area contributed by atoms with Crippen LogP contribution in [-0.2, 0) is 11.3 Å². The molecule has 4 N–H and O–H groups in total. The number of halogens is 1. The van der Waals surface area contributed by atoms with Crippen molar-refractivity contribution in [3.05, 3.63) is 34.9 Å². The molecule has 1 unspecified atom stereocenters. The van der Waals surface area contributed by atoms with Gasteiger partial charge in [0.25, 0.3) is 0 Å². The van der Waals surface area contributed by atoms with E-state index in [4.69, 9.17) is 16.3 Å². The van der Waals surface area contributed by atoms with Gasteiger partial charge >= 0.3 is 0 Å². The van der Waals surface area contributed by atoms with Crippen LogP contribution in [-0.4, -0.2) is 53.3 Å². The Morgan fingerprint density at radius 2 is 1.95 bits per heavy atom. The normalized spacial score (nSPS) is 13.4. The molecule has 21 heavy (non-hydrogen) atoms. The summed E-state index contributed by atoms with van der Waals surface area (Å²) in [5.74, 6) is 0. The average molecular weight is 318 g/mol. The van der Waals surface area contributed by atoms with E-state index in [1.807, 2.05) is 25.1 Å². The molecule has 0 aliphatic rings. The maximum Gasteiger partial charge on any atom is 0.0898 e. The molecule has 0 aliphatic heterocycles. The van der Waals surface area contributed by atoms with Gasteiger partial charge in [0.15, 0.2) is 0 Å². The summed E-state index contributed by atoms with van der Waals surface area (Å²) in [5.41, 5.74) is 0.108. The van der Waals surface area contributed by atoms with E-state index in [1.54, 1.807) is 6.07 Å². The highest BCUT2D eigenvalue weighted by atomic mass is 35.5. The van der Waals surface area contributed by atoms with Gasteiger partial charge in [-0.3, -0.25) is 0 Å². The monoisotopic (exact) mass is 317 g/mol. The first-order valence-corrected chi connectivity index (χ1v) is 7.40. The Balaban J connectivity index is 2.31. The van der Waals surface area contributed by atoms with E-state index >= 15 is 0 Å². The zero-order valence-corrected chi connectivity index (χ0v) is 13.0. The minimum absolute atomic E-state index is 0.148. The van der Waals surface area contributed by atoms with Gasteiger partial charge < -0.3 is 25.4 Å². The number of rotatable bonds is 10. The third-order valence-electron chi connectivity index (χ3n) is 3.52. The van der Waals surface area contributed by atoms with Gasteiger partial charge in [0.1, 0.15) is 0 Å². The highest BCUT2D eigenvalue weighted by molar-refractivity contribution is 6.31. The van der Waals surface area contributed by atoms with Crippen LogP contribution in [0.2, 0.25) is 5.02 Å². The summed E-state index contributed by atoms with van der Waals surface area (Å²) in [6.07, 6.45) is -0.163. The van der Waals surface area contributed by atoms with E-state index in [2.05, 4.69) is 5.32 Å². The zero-order chi connectivity index (χ0) is 15.7. The fraction of sp³-hybridized carbons (Fsp3) is 0.600. The van der Waals surface area contributed by atoms with E-state index in [-0.39, 0.29) is 26.4 Å². The lowest BCUT2D eigenvalue weighted by atomic mass is 9.98. The van der Waals surface area contributed by atoms with Gasteiger partial charge in [-0.15, -0.1) is 0 Å². The molecule has 0 spiro atoms. The number of hydrogen-bond acceptors (Lipinski definition) is 5. The molecule has 1 aromatic carbocycles. The quantitative estimate of drug-likeness (QED) is 0.516. The topological polar surface area (TPSA) is 82.0 Å². The number of aliphatic hydroxyl groups excluding tert-OH is 3. The number of aliphatic hydroxyl groups is 3. The molecule has 0 radical (unpaired) electrons. The molecule has 1 rings (SSSR count). The summed E-state index contributed by atoms with van der Waals surface area (Å²) in [6, 6.07) is 7.38. The Morgan fingerprint density at radius 1 is 1.29 bits per heavy atom. The maximum absolute atomic E-state index is 9.86. The Morgan fingerprint density at radius 3 is 2.52 bits per heavy atom. The highest BCUT2D eigenvalue weighted by Crippen LogP contribution is 2.15. The largest absolute Gasteiger partial charge is 0.394 e. The molecule has 0 heterocycles. The van der Waals surface area contributed by atoms with Gasteiger partial charge in [0, 0.05) is 11.6 Å². The summed E-state index contributed by atoms with van der Waals surface area (Å²) in [4.78, 5) is 0. The molecule has 0 aromatic heterocycles. The summed E-state index contributed by atoms with van der Waals surface area (Å²) >= 11 is 6.01. The summed E-state index contributed by atoms with van der Waals surface area (Å²) in [5, 5.41) is 32.1. The van der Waals surface area contributed by atoms with Crippen molar-refractivity contribution < 1.29 is 20.1 Å². The van der Waals surface area contributed by atoms with Crippen molar-refractivity contribution in [1.82, 2.24) is 5.32 Å². The molecular weight excluding hydrogens is 294 g/mol. The molecule has 1 aromatic rings. The van der Waals surface area contributed by atoms with Gasteiger partial charge in [0.2, 0.25) is 0 Å². The molecule has 0 saturated carbocycles. The number of ether oxygens (including phenoxy) is 1. The fourth-order valence-corrected chi connectivity index (χ4v) is 2.01. The molecule has 0 saturated heterocycles. The number of hydrogen-bond donors (Lipinski definition) is 4. The van der Waals surface area contributed by atoms with Gasteiger partial charge in [-0.05, 0) is 18.1 Å². The van der Waals surface area contributed by atoms with Crippen molar-refractivity contribution in [1.29, 1.82) is 0 Å². The van der Waals surface area contributed by atoms with Gasteiger partial charge in [-0.1, -0.05) is 36.7 Å². The predicted octanol–water partition coefficient (Wildman–Crippen LogP) is 0.941. The first-order chi connectivity index (χ1) is 10.1. The Bertz CT molecular complexity index is 404. The van der Waals surface area contributed by atoms with Crippen molar-refractivity contribution in [2.45, 2.75) is 31.6 Å². The lowest BCUT2D eigenvalue weighted by Gasteiger charge is -2.30. The number of β-amino-alcohol motifs (C(OH)–C–C–N with tert-alkyl or cyclic N) is 1. The van der Waals surface area contributed by atoms with Crippen LogP contribution in [0.25, 0.3) is 0 Å². The molecule has 0 fully saturated rings. The first-order valence-electron chi connectivity index (χ1n) is 7.03. The fourth-order valence-electron chi connectivity index (χ4n) is 1.82. The molecule has 120 valence electrons. The molecule has 6 heteroatoms. The van der Waals surface area contributed by atoms with Crippen LogP contribution >= 0.6 is 11.6 Å². The van der Waals surface area contributed by atoms with E-state index in [1.165, 1.54) is 0 Å². The van der Waals surface area contributed by atoms with Crippen LogP contribution < -0.4 is 5.32 Å². The molecular formula is C15H24ClNO4. The maximum atomic E-state index is 9.86. The molecule has 0 aliphatic carbocycles. The predicted molar refractivity (Wildman–Crippen MR) is 82.3 cm³/mol. The van der Waals surface area contributed by atoms with Crippen LogP contribution in [0, 0.1) is 0 Å². The summed E-state index contributed by atoms with van der Waals surface area (Å²) in [7, 11) is 0. The SMILES string of the molecule is CCC(CO)(CO)NCC(O)COCc1ccccc1Cl. The van der Waals surface area contributed by atoms with Gasteiger partial charge in [0.05, 0.1) is 38.1 Å². The average Bonchev–Trinajstić information content (AvgIpc) is 2.51. The highest BCUT2D eigenvalue weighted by Gasteiger charge is 2.26. The summed E-state index contributed by atoms with van der Waals surface area (Å²) in [6.45, 7) is 2.20. The minimum Gasteiger partial charge on any atom is -0.394 e. The standard InChI is InChI=1S/C15H24ClNO4/c1-2-15(10-18,11-19)17-7-13(20)9-21-8-12-5-3-4-6-14(12)16/h3-6,13,17-20H,2,7-11H2,1H3. The second-order valence-corrected chi connectivity index (χ2v) is 5.50. The van der Waals surface area contributed by atoms with Crippen molar-refractivity contribution in [2.24, 2.45) is 0 Å². The van der Waals surface area contributed by atoms with Crippen molar-refractivity contribution in [3.8, 4) is 0 Å². The smallest absolute Gasteiger partial charge is 0.0898 e. The van der Waals surface area contributed by atoms with E-state index in [0.29, 0.717) is 18.1 Å². The molecule has 0 amide bonds. The number of nitrogens with one attached hydrogen (secondary N) is 1. The zero-order valence-electron chi connectivity index (χ0n) is 12.3. The van der Waals surface area contributed by atoms with Crippen LogP contribution in [0.4, 0.5) is 0 Å². The first kappa shape index (κ1) is 18.4. The van der Waals surface area contributed by atoms with Crippen LogP contribution in [0.1, 0.15) is 18.9 Å². The molecule has 1 atom stereocenters. The van der Waals surface area contributed by atoms with Gasteiger partial charge in [-0.25, -0.2) is 0 Å². The Labute approximate surface area is 130 Å².